The van der Waals surface area contributed by atoms with Gasteiger partial charge in [-0.2, -0.15) is 4.31 Å². The highest BCUT2D eigenvalue weighted by molar-refractivity contribution is 7.89. The van der Waals surface area contributed by atoms with Crippen LogP contribution in [0.1, 0.15) is 19.8 Å². The lowest BCUT2D eigenvalue weighted by atomic mass is 9.83. The summed E-state index contributed by atoms with van der Waals surface area (Å²) in [5.74, 6) is -0.969. The Labute approximate surface area is 123 Å². The number of sulfonamides is 1. The van der Waals surface area contributed by atoms with Crippen molar-refractivity contribution in [2.24, 2.45) is 5.41 Å². The molecule has 1 aromatic rings. The molecular weight excluding hydrogens is 302 g/mol. The average Bonchev–Trinajstić information content (AvgIpc) is 2.38. The zero-order valence-corrected chi connectivity index (χ0v) is 12.6. The number of nitrogens with zero attached hydrogens (tertiary/aromatic N) is 1. The third-order valence-electron chi connectivity index (χ3n) is 3.61. The van der Waals surface area contributed by atoms with E-state index in [9.17, 15) is 18.3 Å². The molecule has 7 heteroatoms. The first-order valence-electron chi connectivity index (χ1n) is 6.25. The monoisotopic (exact) mass is 317 g/mol. The molecular formula is C13H16ClNO4S. The number of hydrogen-bond donors (Lipinski definition) is 1. The third kappa shape index (κ3) is 2.82. The van der Waals surface area contributed by atoms with Crippen LogP contribution in [0.4, 0.5) is 0 Å². The van der Waals surface area contributed by atoms with E-state index < -0.39 is 21.4 Å². The molecule has 0 saturated carbocycles. The normalized spacial score (nSPS) is 24.5. The highest BCUT2D eigenvalue weighted by Gasteiger charge is 2.41. The summed E-state index contributed by atoms with van der Waals surface area (Å²) < 4.78 is 26.3. The Balaban J connectivity index is 2.33. The van der Waals surface area contributed by atoms with Crippen molar-refractivity contribution in [3.05, 3.63) is 29.3 Å². The first-order chi connectivity index (χ1) is 9.25. The molecule has 5 nitrogen and oxygen atoms in total. The molecule has 0 spiro atoms. The van der Waals surface area contributed by atoms with E-state index in [-0.39, 0.29) is 11.4 Å². The molecule has 20 heavy (non-hydrogen) atoms. The number of carboxylic acid groups (broad SMARTS) is 1. The van der Waals surface area contributed by atoms with Gasteiger partial charge in [0.15, 0.2) is 0 Å². The van der Waals surface area contributed by atoms with Crippen LogP contribution in [-0.2, 0) is 14.8 Å². The van der Waals surface area contributed by atoms with Crippen molar-refractivity contribution in [3.63, 3.8) is 0 Å². The molecule has 1 atom stereocenters. The van der Waals surface area contributed by atoms with Crippen molar-refractivity contribution in [3.8, 4) is 0 Å². The first-order valence-corrected chi connectivity index (χ1v) is 8.07. The lowest BCUT2D eigenvalue weighted by Gasteiger charge is -2.36. The smallest absolute Gasteiger partial charge is 0.310 e. The van der Waals surface area contributed by atoms with Crippen LogP contribution < -0.4 is 0 Å². The van der Waals surface area contributed by atoms with Crippen molar-refractivity contribution in [2.75, 3.05) is 13.1 Å². The number of rotatable bonds is 3. The standard InChI is InChI=1S/C13H16ClNO4S/c1-13(12(16)17)6-3-7-15(9-13)20(18,19)11-5-2-4-10(14)8-11/h2,4-5,8H,3,6-7,9H2,1H3,(H,16,17). The third-order valence-corrected chi connectivity index (χ3v) is 5.69. The molecule has 0 radical (unpaired) electrons. The number of carboxylic acids is 1. The second-order valence-corrected chi connectivity index (χ2v) is 7.64. The van der Waals surface area contributed by atoms with Gasteiger partial charge in [-0.25, -0.2) is 8.42 Å². The molecule has 1 aromatic carbocycles. The summed E-state index contributed by atoms with van der Waals surface area (Å²) in [6.07, 6.45) is 1.01. The van der Waals surface area contributed by atoms with Gasteiger partial charge in [-0.15, -0.1) is 0 Å². The topological polar surface area (TPSA) is 74.7 Å². The minimum absolute atomic E-state index is 0.0167. The largest absolute Gasteiger partial charge is 0.481 e. The van der Waals surface area contributed by atoms with Crippen LogP contribution >= 0.6 is 11.6 Å². The fraction of sp³-hybridized carbons (Fsp3) is 0.462. The summed E-state index contributed by atoms with van der Waals surface area (Å²) >= 11 is 5.82. The van der Waals surface area contributed by atoms with E-state index in [1.165, 1.54) is 16.4 Å². The molecule has 110 valence electrons. The highest BCUT2D eigenvalue weighted by atomic mass is 35.5. The van der Waals surface area contributed by atoms with Gasteiger partial charge in [-0.1, -0.05) is 17.7 Å². The molecule has 1 saturated heterocycles. The maximum Gasteiger partial charge on any atom is 0.310 e. The molecule has 1 aliphatic rings. The van der Waals surface area contributed by atoms with Gasteiger partial charge >= 0.3 is 5.97 Å². The molecule has 1 unspecified atom stereocenters. The number of aliphatic carboxylic acids is 1. The quantitative estimate of drug-likeness (QED) is 0.927. The maximum atomic E-state index is 12.5. The zero-order chi connectivity index (χ0) is 15.0. The van der Waals surface area contributed by atoms with Crippen molar-refractivity contribution in [1.82, 2.24) is 4.31 Å². The van der Waals surface area contributed by atoms with Gasteiger partial charge in [-0.05, 0) is 38.0 Å². The van der Waals surface area contributed by atoms with Gasteiger partial charge in [0.2, 0.25) is 10.0 Å². The number of benzene rings is 1. The number of piperidine rings is 1. The van der Waals surface area contributed by atoms with Crippen LogP contribution in [0.5, 0.6) is 0 Å². The van der Waals surface area contributed by atoms with Gasteiger partial charge in [-0.3, -0.25) is 4.79 Å². The Morgan fingerprint density at radius 2 is 2.15 bits per heavy atom. The lowest BCUT2D eigenvalue weighted by Crippen LogP contribution is -2.48. The van der Waals surface area contributed by atoms with Gasteiger partial charge in [0.05, 0.1) is 10.3 Å². The van der Waals surface area contributed by atoms with E-state index in [4.69, 9.17) is 11.6 Å². The first kappa shape index (κ1) is 15.3. The Hall–Kier alpha value is -1.11. The van der Waals surface area contributed by atoms with Gasteiger partial charge in [0, 0.05) is 18.1 Å². The molecule has 1 heterocycles. The van der Waals surface area contributed by atoms with Crippen LogP contribution in [0.25, 0.3) is 0 Å². The fourth-order valence-electron chi connectivity index (χ4n) is 2.35. The molecule has 0 aliphatic carbocycles. The molecule has 1 fully saturated rings. The summed E-state index contributed by atoms with van der Waals surface area (Å²) in [7, 11) is -3.70. The zero-order valence-electron chi connectivity index (χ0n) is 11.0. The number of hydrogen-bond acceptors (Lipinski definition) is 3. The summed E-state index contributed by atoms with van der Waals surface area (Å²) in [5.41, 5.74) is -1.04. The molecule has 1 N–H and O–H groups in total. The van der Waals surface area contributed by atoms with E-state index in [2.05, 4.69) is 0 Å². The van der Waals surface area contributed by atoms with Crippen molar-refractivity contribution >= 4 is 27.6 Å². The van der Waals surface area contributed by atoms with Crippen LogP contribution in [0.3, 0.4) is 0 Å². The average molecular weight is 318 g/mol. The van der Waals surface area contributed by atoms with Crippen molar-refractivity contribution in [1.29, 1.82) is 0 Å². The second-order valence-electron chi connectivity index (χ2n) is 5.27. The Kier molecular flexibility index (Phi) is 4.09. The van der Waals surface area contributed by atoms with Gasteiger partial charge in [0.25, 0.3) is 0 Å². The predicted molar refractivity (Wildman–Crippen MR) is 75.2 cm³/mol. The molecule has 2 rings (SSSR count). The molecule has 1 aliphatic heterocycles. The van der Waals surface area contributed by atoms with Gasteiger partial charge < -0.3 is 5.11 Å². The highest BCUT2D eigenvalue weighted by Crippen LogP contribution is 2.33. The van der Waals surface area contributed by atoms with Crippen LogP contribution in [0.2, 0.25) is 5.02 Å². The van der Waals surface area contributed by atoms with Crippen LogP contribution in [-0.4, -0.2) is 36.9 Å². The summed E-state index contributed by atoms with van der Waals surface area (Å²) in [6.45, 7) is 1.89. The summed E-state index contributed by atoms with van der Waals surface area (Å²) in [6, 6.07) is 6.01. The molecule has 0 amide bonds. The maximum absolute atomic E-state index is 12.5. The number of carbonyl (C=O) groups is 1. The van der Waals surface area contributed by atoms with Crippen LogP contribution in [0, 0.1) is 5.41 Å². The minimum atomic E-state index is -3.70. The van der Waals surface area contributed by atoms with Crippen LogP contribution in [0.15, 0.2) is 29.2 Å². The van der Waals surface area contributed by atoms with Crippen molar-refractivity contribution in [2.45, 2.75) is 24.7 Å². The molecule has 0 aromatic heterocycles. The fourth-order valence-corrected chi connectivity index (χ4v) is 4.25. The SMILES string of the molecule is CC1(C(=O)O)CCCN(S(=O)(=O)c2cccc(Cl)c2)C1. The van der Waals surface area contributed by atoms with Gasteiger partial charge in [0.1, 0.15) is 0 Å². The van der Waals surface area contributed by atoms with E-state index in [0.29, 0.717) is 24.4 Å². The molecule has 0 bridgehead atoms. The Morgan fingerprint density at radius 3 is 2.75 bits per heavy atom. The minimum Gasteiger partial charge on any atom is -0.481 e. The van der Waals surface area contributed by atoms with E-state index in [1.807, 2.05) is 0 Å². The predicted octanol–water partition coefficient (Wildman–Crippen LogP) is 2.22. The summed E-state index contributed by atoms with van der Waals surface area (Å²) in [5, 5.41) is 9.59. The second kappa shape index (κ2) is 5.35. The van der Waals surface area contributed by atoms with Crippen molar-refractivity contribution < 1.29 is 18.3 Å². The Morgan fingerprint density at radius 1 is 1.45 bits per heavy atom. The Bertz CT molecular complexity index is 631. The van der Waals surface area contributed by atoms with E-state index in [1.54, 1.807) is 19.1 Å². The lowest BCUT2D eigenvalue weighted by molar-refractivity contribution is -0.150. The van der Waals surface area contributed by atoms with E-state index >= 15 is 0 Å². The van der Waals surface area contributed by atoms with E-state index in [0.717, 1.165) is 0 Å². The summed E-state index contributed by atoms with van der Waals surface area (Å²) in [4.78, 5) is 11.4. The number of halogens is 1.